The van der Waals surface area contributed by atoms with Gasteiger partial charge >= 0.3 is 5.97 Å². The molecule has 3 aliphatic heterocycles. The van der Waals surface area contributed by atoms with Crippen molar-refractivity contribution < 1.29 is 29.0 Å². The Bertz CT molecular complexity index is 820. The van der Waals surface area contributed by atoms with Crippen LogP contribution >= 0.6 is 15.9 Å². The molecule has 3 rings (SSSR count). The van der Waals surface area contributed by atoms with E-state index in [9.17, 15) is 14.4 Å². The van der Waals surface area contributed by atoms with Crippen LogP contribution in [-0.4, -0.2) is 87.6 Å². The average molecular weight is 556 g/mol. The van der Waals surface area contributed by atoms with E-state index in [4.69, 9.17) is 14.6 Å². The van der Waals surface area contributed by atoms with Gasteiger partial charge in [0.1, 0.15) is 11.6 Å². The summed E-state index contributed by atoms with van der Waals surface area (Å²) in [6.07, 6.45) is 6.93. The lowest BCUT2D eigenvalue weighted by molar-refractivity contribution is -0.155. The number of ether oxygens (including phenoxy) is 2. The summed E-state index contributed by atoms with van der Waals surface area (Å²) in [7, 11) is 0. The summed E-state index contributed by atoms with van der Waals surface area (Å²) < 4.78 is 12.0. The molecule has 196 valence electrons. The Hall–Kier alpha value is -1.71. The molecule has 0 aromatic rings. The van der Waals surface area contributed by atoms with Crippen molar-refractivity contribution in [2.45, 2.75) is 81.0 Å². The summed E-state index contributed by atoms with van der Waals surface area (Å²) in [6.45, 7) is 12.4. The molecule has 3 fully saturated rings. The second-order valence-electron chi connectivity index (χ2n) is 9.95. The summed E-state index contributed by atoms with van der Waals surface area (Å²) in [5.41, 5.74) is -1.07. The van der Waals surface area contributed by atoms with Crippen LogP contribution in [0.2, 0.25) is 0 Å². The van der Waals surface area contributed by atoms with E-state index in [2.05, 4.69) is 29.1 Å². The maximum Gasteiger partial charge on any atom is 0.312 e. The monoisotopic (exact) mass is 554 g/mol. The lowest BCUT2D eigenvalue weighted by atomic mass is 9.70. The number of aliphatic hydroxyl groups excluding tert-OH is 1. The first kappa shape index (κ1) is 27.9. The zero-order valence-electron chi connectivity index (χ0n) is 20.9. The summed E-state index contributed by atoms with van der Waals surface area (Å²) in [5.74, 6) is -2.34. The quantitative estimate of drug-likeness (QED) is 0.153. The average Bonchev–Trinajstić information content (AvgIpc) is 3.40. The van der Waals surface area contributed by atoms with Crippen molar-refractivity contribution in [2.24, 2.45) is 11.8 Å². The van der Waals surface area contributed by atoms with E-state index >= 15 is 0 Å². The number of aliphatic hydroxyl groups is 1. The molecule has 0 aliphatic carbocycles. The SMILES string of the molecule is C=CCCOC(=O)[C@H]1[C@H]2C(=O)N(CCCCCCO)C(C(=O)N(CC=C)C(C)C)C23CC(Br)[C@@H]1O3. The van der Waals surface area contributed by atoms with Crippen LogP contribution in [0.15, 0.2) is 25.3 Å². The van der Waals surface area contributed by atoms with Crippen molar-refractivity contribution in [3.8, 4) is 0 Å². The fourth-order valence-electron chi connectivity index (χ4n) is 5.86. The van der Waals surface area contributed by atoms with Crippen molar-refractivity contribution in [3.63, 3.8) is 0 Å². The van der Waals surface area contributed by atoms with Crippen molar-refractivity contribution in [3.05, 3.63) is 25.3 Å². The minimum atomic E-state index is -1.07. The smallest absolute Gasteiger partial charge is 0.312 e. The summed E-state index contributed by atoms with van der Waals surface area (Å²) in [6, 6.07) is -0.897. The highest BCUT2D eigenvalue weighted by molar-refractivity contribution is 9.09. The van der Waals surface area contributed by atoms with E-state index in [0.29, 0.717) is 38.8 Å². The largest absolute Gasteiger partial charge is 0.465 e. The van der Waals surface area contributed by atoms with E-state index in [1.807, 2.05) is 13.8 Å². The number of alkyl halides is 1. The molecule has 3 unspecified atom stereocenters. The van der Waals surface area contributed by atoms with E-state index < -0.39 is 35.6 Å². The Morgan fingerprint density at radius 2 is 2.00 bits per heavy atom. The molecule has 0 aromatic carbocycles. The fourth-order valence-corrected chi connectivity index (χ4v) is 6.80. The first-order chi connectivity index (χ1) is 16.7. The Morgan fingerprint density at radius 1 is 1.29 bits per heavy atom. The van der Waals surface area contributed by atoms with Gasteiger partial charge in [0.15, 0.2) is 0 Å². The lowest BCUT2D eigenvalue weighted by Gasteiger charge is -2.38. The molecule has 2 bridgehead atoms. The predicted molar refractivity (Wildman–Crippen MR) is 136 cm³/mol. The molecule has 2 amide bonds. The van der Waals surface area contributed by atoms with Crippen LogP contribution in [0, 0.1) is 11.8 Å². The van der Waals surface area contributed by atoms with Crippen molar-refractivity contribution in [1.29, 1.82) is 0 Å². The second kappa shape index (κ2) is 12.0. The minimum absolute atomic E-state index is 0.0875. The zero-order chi connectivity index (χ0) is 25.8. The van der Waals surface area contributed by atoms with Gasteiger partial charge in [-0.1, -0.05) is 40.9 Å². The van der Waals surface area contributed by atoms with Gasteiger partial charge in [-0.3, -0.25) is 14.4 Å². The number of carbonyl (C=O) groups excluding carboxylic acids is 3. The Labute approximate surface area is 216 Å². The van der Waals surface area contributed by atoms with Crippen molar-refractivity contribution in [1.82, 2.24) is 9.80 Å². The van der Waals surface area contributed by atoms with Crippen LogP contribution in [-0.2, 0) is 23.9 Å². The van der Waals surface area contributed by atoms with Crippen molar-refractivity contribution in [2.75, 3.05) is 26.3 Å². The van der Waals surface area contributed by atoms with Crippen LogP contribution in [0.1, 0.15) is 52.4 Å². The molecule has 1 N–H and O–H groups in total. The van der Waals surface area contributed by atoms with Gasteiger partial charge in [0, 0.05) is 30.6 Å². The number of hydrogen-bond acceptors (Lipinski definition) is 6. The molecule has 6 atom stereocenters. The van der Waals surface area contributed by atoms with Crippen LogP contribution < -0.4 is 0 Å². The van der Waals surface area contributed by atoms with Gasteiger partial charge in [-0.2, -0.15) is 0 Å². The number of rotatable bonds is 14. The maximum atomic E-state index is 14.0. The highest BCUT2D eigenvalue weighted by Gasteiger charge is 2.77. The maximum absolute atomic E-state index is 14.0. The summed E-state index contributed by atoms with van der Waals surface area (Å²) in [5, 5.41) is 9.07. The number of esters is 1. The third-order valence-corrected chi connectivity index (χ3v) is 8.25. The lowest BCUT2D eigenvalue weighted by Crippen LogP contribution is -2.58. The summed E-state index contributed by atoms with van der Waals surface area (Å²) in [4.78, 5) is 44.3. The van der Waals surface area contributed by atoms with Gasteiger partial charge in [0.25, 0.3) is 0 Å². The van der Waals surface area contributed by atoms with Crippen LogP contribution in [0.3, 0.4) is 0 Å². The number of unbranched alkanes of at least 4 members (excludes halogenated alkanes) is 3. The third-order valence-electron chi connectivity index (χ3n) is 7.40. The minimum Gasteiger partial charge on any atom is -0.465 e. The van der Waals surface area contributed by atoms with E-state index in [1.165, 1.54) is 0 Å². The predicted octanol–water partition coefficient (Wildman–Crippen LogP) is 2.83. The topological polar surface area (TPSA) is 96.4 Å². The van der Waals surface area contributed by atoms with Gasteiger partial charge in [0.2, 0.25) is 11.8 Å². The number of nitrogens with zero attached hydrogens (tertiary/aromatic N) is 2. The van der Waals surface area contributed by atoms with E-state index in [0.717, 1.165) is 12.8 Å². The number of amides is 2. The van der Waals surface area contributed by atoms with Crippen LogP contribution in [0.4, 0.5) is 0 Å². The normalized spacial score (nSPS) is 31.1. The van der Waals surface area contributed by atoms with Crippen molar-refractivity contribution >= 4 is 33.7 Å². The van der Waals surface area contributed by atoms with Crippen LogP contribution in [0.5, 0.6) is 0 Å². The molecule has 1 spiro atoms. The van der Waals surface area contributed by atoms with E-state index in [-0.39, 0.29) is 35.9 Å². The Balaban J connectivity index is 1.95. The summed E-state index contributed by atoms with van der Waals surface area (Å²) >= 11 is 3.67. The number of carbonyl (C=O) groups is 3. The Kier molecular flexibility index (Phi) is 9.57. The number of fused-ring (bicyclic) bond motifs is 1. The molecule has 3 heterocycles. The molecule has 8 nitrogen and oxygen atoms in total. The first-order valence-corrected chi connectivity index (χ1v) is 13.6. The Morgan fingerprint density at radius 3 is 2.63 bits per heavy atom. The van der Waals surface area contributed by atoms with Gasteiger partial charge in [-0.15, -0.1) is 13.2 Å². The molecule has 0 saturated carbocycles. The number of likely N-dealkylation sites (tertiary alicyclic amines) is 1. The third kappa shape index (κ3) is 5.23. The molecular weight excluding hydrogens is 516 g/mol. The first-order valence-electron chi connectivity index (χ1n) is 12.7. The standard InChI is InChI=1S/C26H39BrN2O6/c1-5-7-15-34-25(33)19-20-23(31)29(13-10-8-9-11-14-30)22(24(32)28(12-6-2)17(3)4)26(20)16-18(27)21(19)35-26/h5-6,17-22,30H,1-2,7-16H2,3-4H3/t18?,19-,20-,21-,22?,26?/m0/s1. The van der Waals surface area contributed by atoms with Gasteiger partial charge in [0.05, 0.1) is 24.5 Å². The van der Waals surface area contributed by atoms with Gasteiger partial charge in [-0.25, -0.2) is 0 Å². The molecular formula is C26H39BrN2O6. The second-order valence-corrected chi connectivity index (χ2v) is 11.1. The van der Waals surface area contributed by atoms with Crippen LogP contribution in [0.25, 0.3) is 0 Å². The molecule has 3 aliphatic rings. The molecule has 9 heteroatoms. The fraction of sp³-hybridized carbons (Fsp3) is 0.731. The molecule has 0 radical (unpaired) electrons. The molecule has 3 saturated heterocycles. The van der Waals surface area contributed by atoms with Gasteiger partial charge < -0.3 is 24.4 Å². The number of halogens is 1. The van der Waals surface area contributed by atoms with Gasteiger partial charge in [-0.05, 0) is 39.5 Å². The molecule has 35 heavy (non-hydrogen) atoms. The zero-order valence-corrected chi connectivity index (χ0v) is 22.5. The highest BCUT2D eigenvalue weighted by Crippen LogP contribution is 2.60. The highest BCUT2D eigenvalue weighted by atomic mass is 79.9. The molecule has 0 aromatic heterocycles. The number of hydrogen-bond donors (Lipinski definition) is 1. The van der Waals surface area contributed by atoms with E-state index in [1.54, 1.807) is 22.0 Å².